The monoisotopic (exact) mass is 461 g/mol. The maximum atomic E-state index is 12.5. The highest BCUT2D eigenvalue weighted by Gasteiger charge is 2.15. The lowest BCUT2D eigenvalue weighted by molar-refractivity contribution is -0.118. The zero-order chi connectivity index (χ0) is 23.9. The Morgan fingerprint density at radius 2 is 1.62 bits per heavy atom. The molecule has 9 heteroatoms. The maximum Gasteiger partial charge on any atom is 0.262 e. The Bertz CT molecular complexity index is 1270. The van der Waals surface area contributed by atoms with Crippen LogP contribution in [0.3, 0.4) is 0 Å². The van der Waals surface area contributed by atoms with Gasteiger partial charge in [-0.15, -0.1) is 0 Å². The molecule has 3 aromatic carbocycles. The zero-order valence-corrected chi connectivity index (χ0v) is 18.9. The average molecular weight is 461 g/mol. The summed E-state index contributed by atoms with van der Waals surface area (Å²) in [6.07, 6.45) is 0. The molecule has 0 saturated carbocycles. The lowest BCUT2D eigenvalue weighted by Gasteiger charge is -2.13. The van der Waals surface area contributed by atoms with E-state index in [2.05, 4.69) is 15.5 Å². The van der Waals surface area contributed by atoms with Crippen molar-refractivity contribution in [1.29, 1.82) is 0 Å². The SMILES string of the molecule is COc1ccc(OC)c(NC(=O)COc2ccc(-c3noc(-c4ccccc4)n3)cc2OC)c1. The van der Waals surface area contributed by atoms with E-state index in [9.17, 15) is 4.79 Å². The quantitative estimate of drug-likeness (QED) is 0.390. The Morgan fingerprint density at radius 1 is 0.853 bits per heavy atom. The van der Waals surface area contributed by atoms with Crippen LogP contribution >= 0.6 is 0 Å². The van der Waals surface area contributed by atoms with Crippen molar-refractivity contribution in [2.24, 2.45) is 0 Å². The molecule has 0 spiro atoms. The largest absolute Gasteiger partial charge is 0.497 e. The molecule has 0 aliphatic heterocycles. The van der Waals surface area contributed by atoms with Crippen LogP contribution in [0.2, 0.25) is 0 Å². The van der Waals surface area contributed by atoms with Gasteiger partial charge in [0, 0.05) is 17.2 Å². The van der Waals surface area contributed by atoms with Crippen LogP contribution in [0, 0.1) is 0 Å². The van der Waals surface area contributed by atoms with Crippen molar-refractivity contribution in [3.63, 3.8) is 0 Å². The number of benzene rings is 3. The van der Waals surface area contributed by atoms with E-state index in [1.54, 1.807) is 43.5 Å². The van der Waals surface area contributed by atoms with Crippen LogP contribution in [0.4, 0.5) is 5.69 Å². The topological polar surface area (TPSA) is 105 Å². The summed E-state index contributed by atoms with van der Waals surface area (Å²) in [5, 5.41) is 6.81. The number of rotatable bonds is 9. The Morgan fingerprint density at radius 3 is 2.35 bits per heavy atom. The summed E-state index contributed by atoms with van der Waals surface area (Å²) in [5.41, 5.74) is 1.98. The number of ether oxygens (including phenoxy) is 4. The maximum absolute atomic E-state index is 12.5. The van der Waals surface area contributed by atoms with E-state index >= 15 is 0 Å². The fourth-order valence-electron chi connectivity index (χ4n) is 3.21. The van der Waals surface area contributed by atoms with E-state index in [1.807, 2.05) is 30.3 Å². The summed E-state index contributed by atoms with van der Waals surface area (Å²) < 4.78 is 27.0. The summed E-state index contributed by atoms with van der Waals surface area (Å²) in [4.78, 5) is 16.9. The molecule has 1 heterocycles. The molecule has 1 amide bonds. The Labute approximate surface area is 196 Å². The van der Waals surface area contributed by atoms with Crippen LogP contribution in [0.1, 0.15) is 0 Å². The molecule has 1 N–H and O–H groups in total. The molecule has 0 atom stereocenters. The molecule has 4 aromatic rings. The molecular weight excluding hydrogens is 438 g/mol. The summed E-state index contributed by atoms with van der Waals surface area (Å²) in [6.45, 7) is -0.240. The number of methoxy groups -OCH3 is 3. The first-order valence-corrected chi connectivity index (χ1v) is 10.3. The van der Waals surface area contributed by atoms with Gasteiger partial charge in [0.05, 0.1) is 27.0 Å². The van der Waals surface area contributed by atoms with Crippen molar-refractivity contribution < 1.29 is 28.3 Å². The molecule has 4 rings (SSSR count). The van der Waals surface area contributed by atoms with Crippen molar-refractivity contribution in [3.8, 4) is 45.8 Å². The number of nitrogens with zero attached hydrogens (tertiary/aromatic N) is 2. The summed E-state index contributed by atoms with van der Waals surface area (Å²) >= 11 is 0. The zero-order valence-electron chi connectivity index (χ0n) is 18.9. The molecule has 0 aliphatic carbocycles. The van der Waals surface area contributed by atoms with Crippen molar-refractivity contribution in [3.05, 3.63) is 66.7 Å². The smallest absolute Gasteiger partial charge is 0.262 e. The van der Waals surface area contributed by atoms with Gasteiger partial charge in [0.2, 0.25) is 5.82 Å². The van der Waals surface area contributed by atoms with E-state index in [1.165, 1.54) is 14.2 Å². The Hall–Kier alpha value is -4.53. The first-order valence-electron chi connectivity index (χ1n) is 10.3. The second-order valence-electron chi connectivity index (χ2n) is 7.06. The third-order valence-corrected chi connectivity index (χ3v) is 4.91. The fraction of sp³-hybridized carbons (Fsp3) is 0.160. The first-order chi connectivity index (χ1) is 16.6. The molecule has 0 aliphatic rings. The van der Waals surface area contributed by atoms with Crippen LogP contribution in [-0.4, -0.2) is 44.0 Å². The van der Waals surface area contributed by atoms with Gasteiger partial charge in [-0.25, -0.2) is 0 Å². The minimum Gasteiger partial charge on any atom is -0.497 e. The molecule has 34 heavy (non-hydrogen) atoms. The lowest BCUT2D eigenvalue weighted by Crippen LogP contribution is -2.20. The van der Waals surface area contributed by atoms with Crippen LogP contribution in [0.25, 0.3) is 22.8 Å². The highest BCUT2D eigenvalue weighted by Crippen LogP contribution is 2.33. The number of hydrogen-bond donors (Lipinski definition) is 1. The number of anilines is 1. The van der Waals surface area contributed by atoms with Gasteiger partial charge in [-0.1, -0.05) is 23.4 Å². The summed E-state index contributed by atoms with van der Waals surface area (Å²) in [5.74, 6) is 2.37. The summed E-state index contributed by atoms with van der Waals surface area (Å²) in [7, 11) is 4.58. The van der Waals surface area contributed by atoms with Crippen molar-refractivity contribution in [1.82, 2.24) is 10.1 Å². The number of carbonyl (C=O) groups is 1. The average Bonchev–Trinajstić information content (AvgIpc) is 3.38. The predicted molar refractivity (Wildman–Crippen MR) is 125 cm³/mol. The highest BCUT2D eigenvalue weighted by molar-refractivity contribution is 5.93. The normalized spacial score (nSPS) is 10.4. The second-order valence-corrected chi connectivity index (χ2v) is 7.06. The molecule has 0 saturated heterocycles. The molecule has 0 radical (unpaired) electrons. The van der Waals surface area contributed by atoms with Gasteiger partial charge >= 0.3 is 0 Å². The van der Waals surface area contributed by atoms with Gasteiger partial charge in [0.15, 0.2) is 18.1 Å². The third-order valence-electron chi connectivity index (χ3n) is 4.91. The van der Waals surface area contributed by atoms with E-state index in [0.29, 0.717) is 46.0 Å². The van der Waals surface area contributed by atoms with E-state index in [4.69, 9.17) is 23.5 Å². The van der Waals surface area contributed by atoms with Gasteiger partial charge in [-0.2, -0.15) is 4.98 Å². The molecule has 0 unspecified atom stereocenters. The van der Waals surface area contributed by atoms with Gasteiger partial charge in [0.1, 0.15) is 11.5 Å². The minimum atomic E-state index is -0.372. The molecule has 174 valence electrons. The van der Waals surface area contributed by atoms with E-state index < -0.39 is 0 Å². The highest BCUT2D eigenvalue weighted by atomic mass is 16.5. The van der Waals surface area contributed by atoms with E-state index in [-0.39, 0.29) is 12.5 Å². The third kappa shape index (κ3) is 5.09. The van der Waals surface area contributed by atoms with Crippen LogP contribution in [0.15, 0.2) is 71.3 Å². The second kappa shape index (κ2) is 10.4. The number of carbonyl (C=O) groups excluding carboxylic acids is 1. The minimum absolute atomic E-state index is 0.240. The lowest BCUT2D eigenvalue weighted by atomic mass is 10.2. The van der Waals surface area contributed by atoms with Crippen LogP contribution in [0.5, 0.6) is 23.0 Å². The standard InChI is InChI=1S/C25H23N3O6/c1-30-18-10-12-20(31-2)19(14-18)26-23(29)15-33-21-11-9-17(13-22(21)32-3)24-27-25(34-28-24)16-7-5-4-6-8-16/h4-14H,15H2,1-3H3,(H,26,29). The van der Waals surface area contributed by atoms with Crippen molar-refractivity contribution in [2.45, 2.75) is 0 Å². The fourth-order valence-corrected chi connectivity index (χ4v) is 3.21. The van der Waals surface area contributed by atoms with Crippen molar-refractivity contribution >= 4 is 11.6 Å². The molecule has 1 aromatic heterocycles. The van der Waals surface area contributed by atoms with Gasteiger partial charge in [0.25, 0.3) is 11.8 Å². The predicted octanol–water partition coefficient (Wildman–Crippen LogP) is 4.45. The Balaban J connectivity index is 1.45. The van der Waals surface area contributed by atoms with Crippen LogP contribution in [-0.2, 0) is 4.79 Å². The molecule has 0 fully saturated rings. The molecule has 9 nitrogen and oxygen atoms in total. The van der Waals surface area contributed by atoms with Gasteiger partial charge < -0.3 is 28.8 Å². The van der Waals surface area contributed by atoms with E-state index in [0.717, 1.165) is 5.56 Å². The van der Waals surface area contributed by atoms with Crippen molar-refractivity contribution in [2.75, 3.05) is 33.3 Å². The molecular formula is C25H23N3O6. The van der Waals surface area contributed by atoms with Crippen LogP contribution < -0.4 is 24.3 Å². The molecule has 0 bridgehead atoms. The number of nitrogens with one attached hydrogen (secondary N) is 1. The number of aromatic nitrogens is 2. The van der Waals surface area contributed by atoms with Gasteiger partial charge in [-0.3, -0.25) is 4.79 Å². The Kier molecular flexibility index (Phi) is 6.92. The first kappa shape index (κ1) is 22.7. The number of amides is 1. The summed E-state index contributed by atoms with van der Waals surface area (Å²) in [6, 6.07) is 19.8. The van der Waals surface area contributed by atoms with Gasteiger partial charge in [-0.05, 0) is 42.5 Å². The number of hydrogen-bond acceptors (Lipinski definition) is 8.